The summed E-state index contributed by atoms with van der Waals surface area (Å²) in [6, 6.07) is -0.496. The Hall–Kier alpha value is -1.32. The van der Waals surface area contributed by atoms with Crippen LogP contribution in [0, 0.1) is 0 Å². The van der Waals surface area contributed by atoms with Crippen molar-refractivity contribution in [2.45, 2.75) is 25.9 Å². The van der Waals surface area contributed by atoms with Crippen molar-refractivity contribution in [3.63, 3.8) is 0 Å². The first-order chi connectivity index (χ1) is 6.06. The topological polar surface area (TPSA) is 49.4 Å². The molecule has 0 aromatic rings. The maximum Gasteiger partial charge on any atom is 0.245 e. The van der Waals surface area contributed by atoms with Gasteiger partial charge in [0, 0.05) is 6.04 Å². The molecule has 0 aromatic heterocycles. The van der Waals surface area contributed by atoms with E-state index < -0.39 is 6.04 Å². The number of amides is 2. The molecule has 2 unspecified atom stereocenters. The molecular weight excluding hydrogens is 168 g/mol. The molecule has 2 atom stereocenters. The summed E-state index contributed by atoms with van der Waals surface area (Å²) in [5.41, 5.74) is 0. The second kappa shape index (κ2) is 3.60. The lowest BCUT2D eigenvalue weighted by Gasteiger charge is -2.33. The zero-order chi connectivity index (χ0) is 10.0. The average molecular weight is 182 g/mol. The van der Waals surface area contributed by atoms with E-state index in [1.165, 1.54) is 4.90 Å². The number of nitrogens with one attached hydrogen (secondary N) is 1. The molecule has 0 spiro atoms. The van der Waals surface area contributed by atoms with Gasteiger partial charge in [-0.1, -0.05) is 6.08 Å². The van der Waals surface area contributed by atoms with Crippen molar-refractivity contribution in [2.24, 2.45) is 0 Å². The van der Waals surface area contributed by atoms with Crippen LogP contribution in [0.3, 0.4) is 0 Å². The number of rotatable bonds is 2. The van der Waals surface area contributed by atoms with Crippen LogP contribution < -0.4 is 5.32 Å². The van der Waals surface area contributed by atoms with E-state index in [9.17, 15) is 9.59 Å². The van der Waals surface area contributed by atoms with E-state index in [2.05, 4.69) is 11.9 Å². The highest BCUT2D eigenvalue weighted by atomic mass is 16.2. The molecule has 4 heteroatoms. The van der Waals surface area contributed by atoms with Gasteiger partial charge in [0.2, 0.25) is 11.8 Å². The lowest BCUT2D eigenvalue weighted by atomic mass is 10.1. The normalized spacial score (nSPS) is 25.4. The van der Waals surface area contributed by atoms with E-state index in [1.54, 1.807) is 13.0 Å². The smallest absolute Gasteiger partial charge is 0.245 e. The Morgan fingerprint density at radius 3 is 2.85 bits per heavy atom. The maximum atomic E-state index is 11.5. The SMILES string of the molecule is C=CC(C)N1CC(=O)NC(C)C1=O. The maximum absolute atomic E-state index is 11.5. The monoisotopic (exact) mass is 182 g/mol. The van der Waals surface area contributed by atoms with Crippen molar-refractivity contribution in [3.8, 4) is 0 Å². The summed E-state index contributed by atoms with van der Waals surface area (Å²) >= 11 is 0. The van der Waals surface area contributed by atoms with Crippen LogP contribution in [0.5, 0.6) is 0 Å². The van der Waals surface area contributed by atoms with Gasteiger partial charge in [-0.05, 0) is 13.8 Å². The third-order valence-corrected chi connectivity index (χ3v) is 2.18. The lowest BCUT2D eigenvalue weighted by Crippen LogP contribution is -2.58. The van der Waals surface area contributed by atoms with Gasteiger partial charge in [-0.25, -0.2) is 0 Å². The summed E-state index contributed by atoms with van der Waals surface area (Å²) in [6.45, 7) is 7.26. The average Bonchev–Trinajstić information content (AvgIpc) is 2.10. The molecule has 1 N–H and O–H groups in total. The van der Waals surface area contributed by atoms with Crippen LogP contribution >= 0.6 is 0 Å². The number of hydrogen-bond acceptors (Lipinski definition) is 2. The Balaban J connectivity index is 2.77. The van der Waals surface area contributed by atoms with Crippen molar-refractivity contribution in [1.82, 2.24) is 10.2 Å². The standard InChI is InChI=1S/C9H14N2O2/c1-4-6(2)11-5-8(12)10-7(3)9(11)13/h4,6-7H,1,5H2,2-3H3,(H,10,12). The summed E-state index contributed by atoms with van der Waals surface area (Å²) in [4.78, 5) is 24.2. The summed E-state index contributed by atoms with van der Waals surface area (Å²) in [6.07, 6.45) is 1.66. The Morgan fingerprint density at radius 1 is 1.69 bits per heavy atom. The van der Waals surface area contributed by atoms with Crippen LogP contribution in [0.4, 0.5) is 0 Å². The highest BCUT2D eigenvalue weighted by Crippen LogP contribution is 2.07. The first kappa shape index (κ1) is 9.77. The van der Waals surface area contributed by atoms with Crippen molar-refractivity contribution < 1.29 is 9.59 Å². The van der Waals surface area contributed by atoms with Gasteiger partial charge in [0.1, 0.15) is 12.6 Å². The van der Waals surface area contributed by atoms with Gasteiger partial charge in [0.05, 0.1) is 0 Å². The molecule has 2 amide bonds. The summed E-state index contributed by atoms with van der Waals surface area (Å²) in [5.74, 6) is -0.159. The predicted octanol–water partition coefficient (Wildman–Crippen LogP) is -0.0922. The van der Waals surface area contributed by atoms with E-state index in [-0.39, 0.29) is 24.4 Å². The second-order valence-electron chi connectivity index (χ2n) is 3.23. The quantitative estimate of drug-likeness (QED) is 0.607. The van der Waals surface area contributed by atoms with Crippen LogP contribution in [-0.4, -0.2) is 35.3 Å². The van der Waals surface area contributed by atoms with Crippen LogP contribution in [0.2, 0.25) is 0 Å². The minimum atomic E-state index is -0.413. The third kappa shape index (κ3) is 1.88. The van der Waals surface area contributed by atoms with Crippen molar-refractivity contribution in [2.75, 3.05) is 6.54 Å². The Bertz CT molecular complexity index is 250. The van der Waals surface area contributed by atoms with Crippen LogP contribution in [-0.2, 0) is 9.59 Å². The molecule has 1 heterocycles. The predicted molar refractivity (Wildman–Crippen MR) is 49.0 cm³/mol. The van der Waals surface area contributed by atoms with Gasteiger partial charge in [0.25, 0.3) is 0 Å². The largest absolute Gasteiger partial charge is 0.343 e. The fraction of sp³-hybridized carbons (Fsp3) is 0.556. The van der Waals surface area contributed by atoms with Crippen LogP contribution in [0.25, 0.3) is 0 Å². The molecule has 0 saturated carbocycles. The second-order valence-corrected chi connectivity index (χ2v) is 3.23. The van der Waals surface area contributed by atoms with E-state index in [0.29, 0.717) is 0 Å². The zero-order valence-electron chi connectivity index (χ0n) is 7.91. The minimum Gasteiger partial charge on any atom is -0.343 e. The molecule has 0 aliphatic carbocycles. The van der Waals surface area contributed by atoms with E-state index in [1.807, 2.05) is 6.92 Å². The van der Waals surface area contributed by atoms with Crippen molar-refractivity contribution in [3.05, 3.63) is 12.7 Å². The molecule has 13 heavy (non-hydrogen) atoms. The molecule has 1 rings (SSSR count). The molecule has 72 valence electrons. The molecule has 1 aliphatic rings. The number of carbonyl (C=O) groups excluding carboxylic acids is 2. The number of nitrogens with zero attached hydrogens (tertiary/aromatic N) is 1. The van der Waals surface area contributed by atoms with E-state index in [0.717, 1.165) is 0 Å². The van der Waals surface area contributed by atoms with E-state index in [4.69, 9.17) is 0 Å². The van der Waals surface area contributed by atoms with Gasteiger partial charge in [-0.3, -0.25) is 9.59 Å². The molecule has 4 nitrogen and oxygen atoms in total. The fourth-order valence-corrected chi connectivity index (χ4v) is 1.30. The first-order valence-electron chi connectivity index (χ1n) is 4.28. The number of hydrogen-bond donors (Lipinski definition) is 1. The Labute approximate surface area is 77.6 Å². The molecule has 1 saturated heterocycles. The minimum absolute atomic E-state index is 0.0491. The highest BCUT2D eigenvalue weighted by Gasteiger charge is 2.31. The third-order valence-electron chi connectivity index (χ3n) is 2.18. The zero-order valence-corrected chi connectivity index (χ0v) is 7.91. The van der Waals surface area contributed by atoms with Crippen molar-refractivity contribution >= 4 is 11.8 Å². The summed E-state index contributed by atoms with van der Waals surface area (Å²) < 4.78 is 0. The molecule has 0 radical (unpaired) electrons. The van der Waals surface area contributed by atoms with Crippen LogP contribution in [0.1, 0.15) is 13.8 Å². The van der Waals surface area contributed by atoms with Gasteiger partial charge in [0.15, 0.2) is 0 Å². The Kier molecular flexibility index (Phi) is 2.70. The number of piperazine rings is 1. The number of carbonyl (C=O) groups is 2. The van der Waals surface area contributed by atoms with Gasteiger partial charge < -0.3 is 10.2 Å². The van der Waals surface area contributed by atoms with Gasteiger partial charge in [-0.15, -0.1) is 6.58 Å². The van der Waals surface area contributed by atoms with Crippen molar-refractivity contribution in [1.29, 1.82) is 0 Å². The van der Waals surface area contributed by atoms with E-state index >= 15 is 0 Å². The summed E-state index contributed by atoms with van der Waals surface area (Å²) in [5, 5.41) is 2.57. The van der Waals surface area contributed by atoms with Gasteiger partial charge in [-0.2, -0.15) is 0 Å². The molecule has 0 aromatic carbocycles. The fourth-order valence-electron chi connectivity index (χ4n) is 1.30. The Morgan fingerprint density at radius 2 is 2.31 bits per heavy atom. The summed E-state index contributed by atoms with van der Waals surface area (Å²) in [7, 11) is 0. The van der Waals surface area contributed by atoms with Gasteiger partial charge >= 0.3 is 0 Å². The molecule has 1 aliphatic heterocycles. The molecule has 0 bridgehead atoms. The molecule has 1 fully saturated rings. The molecular formula is C9H14N2O2. The first-order valence-corrected chi connectivity index (χ1v) is 4.28. The highest BCUT2D eigenvalue weighted by molar-refractivity contribution is 5.94. The lowest BCUT2D eigenvalue weighted by molar-refractivity contribution is -0.144. The van der Waals surface area contributed by atoms with Crippen LogP contribution in [0.15, 0.2) is 12.7 Å².